The highest BCUT2D eigenvalue weighted by Crippen LogP contribution is 2.23. The molecule has 0 unspecified atom stereocenters. The molecule has 0 saturated heterocycles. The molecule has 0 bridgehead atoms. The molecule has 0 aliphatic carbocycles. The highest BCUT2D eigenvalue weighted by atomic mass is 16.5. The highest BCUT2D eigenvalue weighted by molar-refractivity contribution is 6.03. The van der Waals surface area contributed by atoms with E-state index in [1.807, 2.05) is 13.8 Å². The van der Waals surface area contributed by atoms with Gasteiger partial charge >= 0.3 is 5.69 Å². The normalized spacial score (nSPS) is 11.4. The molecule has 8 nitrogen and oxygen atoms in total. The van der Waals surface area contributed by atoms with Crippen LogP contribution < -0.4 is 20.7 Å². The van der Waals surface area contributed by atoms with Gasteiger partial charge < -0.3 is 14.6 Å². The van der Waals surface area contributed by atoms with E-state index < -0.39 is 17.1 Å². The van der Waals surface area contributed by atoms with Crippen molar-refractivity contribution in [3.63, 3.8) is 0 Å². The molecule has 1 aromatic heterocycles. The minimum absolute atomic E-state index is 0.0539. The number of rotatable bonds is 7. The maximum Gasteiger partial charge on any atom is 0.335 e. The molecule has 0 radical (unpaired) electrons. The first-order valence-corrected chi connectivity index (χ1v) is 9.52. The second-order valence-corrected chi connectivity index (χ2v) is 6.33. The van der Waals surface area contributed by atoms with Crippen molar-refractivity contribution >= 4 is 11.4 Å². The monoisotopic (exact) mass is 409 g/mol. The Kier molecular flexibility index (Phi) is 6.36. The van der Waals surface area contributed by atoms with E-state index in [2.05, 4.69) is 9.98 Å². The molecule has 0 amide bonds. The fourth-order valence-corrected chi connectivity index (χ4v) is 3.01. The maximum absolute atomic E-state index is 12.5. The minimum atomic E-state index is -0.747. The number of hydrogen-bond donors (Lipinski definition) is 2. The first-order chi connectivity index (χ1) is 14.5. The molecule has 8 heteroatoms. The average Bonchev–Trinajstić information content (AvgIpc) is 2.74. The lowest BCUT2D eigenvalue weighted by molar-refractivity contribution is 0.340. The zero-order chi connectivity index (χ0) is 21.7. The van der Waals surface area contributed by atoms with Gasteiger partial charge in [0.2, 0.25) is 5.88 Å². The largest absolute Gasteiger partial charge is 0.497 e. The van der Waals surface area contributed by atoms with E-state index in [1.165, 1.54) is 7.11 Å². The van der Waals surface area contributed by atoms with Gasteiger partial charge in [0, 0.05) is 0 Å². The van der Waals surface area contributed by atoms with E-state index in [4.69, 9.17) is 9.47 Å². The van der Waals surface area contributed by atoms with Crippen LogP contribution in [0.5, 0.6) is 17.4 Å². The number of aliphatic imine (C=N–C) groups is 1. The first kappa shape index (κ1) is 20.9. The fourth-order valence-electron chi connectivity index (χ4n) is 3.01. The molecule has 0 aliphatic heterocycles. The number of nitrogens with one attached hydrogen (secondary N) is 1. The summed E-state index contributed by atoms with van der Waals surface area (Å²) in [5.41, 5.74) is -0.178. The quantitative estimate of drug-likeness (QED) is 0.583. The molecule has 3 rings (SSSR count). The lowest BCUT2D eigenvalue weighted by Gasteiger charge is -2.13. The molecular formula is C22H23N3O5. The van der Waals surface area contributed by atoms with Gasteiger partial charge in [-0.05, 0) is 61.9 Å². The van der Waals surface area contributed by atoms with E-state index in [0.29, 0.717) is 41.6 Å². The summed E-state index contributed by atoms with van der Waals surface area (Å²) in [7, 11) is 1.53. The number of aromatic nitrogens is 2. The Balaban J connectivity index is 2.11. The predicted octanol–water partition coefficient (Wildman–Crippen LogP) is 3.17. The number of ether oxygens (including phenoxy) is 2. The van der Waals surface area contributed by atoms with Gasteiger partial charge in [-0.25, -0.2) is 9.36 Å². The molecule has 0 saturated carbocycles. The lowest BCUT2D eigenvalue weighted by Crippen LogP contribution is -2.33. The summed E-state index contributed by atoms with van der Waals surface area (Å²) in [6, 6.07) is 13.6. The Morgan fingerprint density at radius 2 is 1.67 bits per heavy atom. The van der Waals surface area contributed by atoms with Crippen molar-refractivity contribution in [3.05, 3.63) is 74.9 Å². The molecule has 156 valence electrons. The van der Waals surface area contributed by atoms with Crippen molar-refractivity contribution in [3.8, 4) is 23.1 Å². The minimum Gasteiger partial charge on any atom is -0.497 e. The summed E-state index contributed by atoms with van der Waals surface area (Å²) < 4.78 is 11.6. The summed E-state index contributed by atoms with van der Waals surface area (Å²) in [4.78, 5) is 31.7. The third-order valence-electron chi connectivity index (χ3n) is 4.45. The van der Waals surface area contributed by atoms with E-state index in [0.717, 1.165) is 4.57 Å². The number of aromatic hydroxyl groups is 1. The second-order valence-electron chi connectivity index (χ2n) is 6.33. The molecule has 3 aromatic rings. The van der Waals surface area contributed by atoms with Gasteiger partial charge in [0.25, 0.3) is 5.56 Å². The van der Waals surface area contributed by atoms with Gasteiger partial charge in [-0.2, -0.15) is 0 Å². The van der Waals surface area contributed by atoms with Crippen LogP contribution in [0.4, 0.5) is 5.69 Å². The maximum atomic E-state index is 12.5. The SMILES string of the molecule is CCOc1ccc(N=C(CC)c2c(O)n(-c3ccc(OC)cc3)c(=O)[nH]c2=O)cc1. The van der Waals surface area contributed by atoms with Crippen LogP contribution in [-0.4, -0.2) is 34.1 Å². The summed E-state index contributed by atoms with van der Waals surface area (Å²) in [6.45, 7) is 4.27. The summed E-state index contributed by atoms with van der Waals surface area (Å²) in [5.74, 6) is 0.839. The topological polar surface area (TPSA) is 106 Å². The van der Waals surface area contributed by atoms with Crippen LogP contribution >= 0.6 is 0 Å². The standard InChI is InChI=1S/C22H23N3O5/c1-4-18(23-14-6-10-17(11-7-14)30-5-2)19-20(26)24-22(28)25(21(19)27)15-8-12-16(29-3)13-9-15/h6-13,27H,4-5H2,1-3H3,(H,24,26,28). The van der Waals surface area contributed by atoms with Crippen LogP contribution in [0.25, 0.3) is 5.69 Å². The summed E-state index contributed by atoms with van der Waals surface area (Å²) >= 11 is 0. The highest BCUT2D eigenvalue weighted by Gasteiger charge is 2.19. The molecule has 0 aliphatic rings. The van der Waals surface area contributed by atoms with E-state index in [9.17, 15) is 14.7 Å². The van der Waals surface area contributed by atoms with Crippen molar-refractivity contribution in [2.75, 3.05) is 13.7 Å². The van der Waals surface area contributed by atoms with Crippen LogP contribution in [0.3, 0.4) is 0 Å². The molecule has 2 N–H and O–H groups in total. The van der Waals surface area contributed by atoms with Gasteiger partial charge in [-0.1, -0.05) is 6.92 Å². The zero-order valence-electron chi connectivity index (χ0n) is 17.0. The van der Waals surface area contributed by atoms with Crippen molar-refractivity contribution in [1.82, 2.24) is 9.55 Å². The van der Waals surface area contributed by atoms with E-state index >= 15 is 0 Å². The van der Waals surface area contributed by atoms with E-state index in [-0.39, 0.29) is 5.56 Å². The van der Waals surface area contributed by atoms with Crippen LogP contribution in [0.15, 0.2) is 63.1 Å². The smallest absolute Gasteiger partial charge is 0.335 e. The fraction of sp³-hybridized carbons (Fsp3) is 0.227. The van der Waals surface area contributed by atoms with Crippen LogP contribution in [0, 0.1) is 0 Å². The van der Waals surface area contributed by atoms with Gasteiger partial charge in [0.1, 0.15) is 17.1 Å². The Morgan fingerprint density at radius 3 is 2.23 bits per heavy atom. The Hall–Kier alpha value is -3.81. The first-order valence-electron chi connectivity index (χ1n) is 9.52. The molecule has 2 aromatic carbocycles. The molecule has 0 fully saturated rings. The number of benzene rings is 2. The van der Waals surface area contributed by atoms with E-state index in [1.54, 1.807) is 48.5 Å². The number of hydrogen-bond acceptors (Lipinski definition) is 6. The zero-order valence-corrected chi connectivity index (χ0v) is 17.0. The van der Waals surface area contributed by atoms with Crippen LogP contribution in [0.2, 0.25) is 0 Å². The third kappa shape index (κ3) is 4.27. The predicted molar refractivity (Wildman–Crippen MR) is 115 cm³/mol. The molecule has 1 heterocycles. The van der Waals surface area contributed by atoms with Crippen molar-refractivity contribution in [2.45, 2.75) is 20.3 Å². The summed E-state index contributed by atoms with van der Waals surface area (Å²) in [5, 5.41) is 10.8. The van der Waals surface area contributed by atoms with Crippen molar-refractivity contribution < 1.29 is 14.6 Å². The van der Waals surface area contributed by atoms with Crippen LogP contribution in [0.1, 0.15) is 25.8 Å². The van der Waals surface area contributed by atoms with Gasteiger partial charge in [-0.3, -0.25) is 14.8 Å². The Morgan fingerprint density at radius 1 is 1.03 bits per heavy atom. The average molecular weight is 409 g/mol. The molecule has 30 heavy (non-hydrogen) atoms. The van der Waals surface area contributed by atoms with Crippen LogP contribution in [-0.2, 0) is 0 Å². The van der Waals surface area contributed by atoms with Crippen molar-refractivity contribution in [1.29, 1.82) is 0 Å². The molecule has 0 atom stereocenters. The molecule has 0 spiro atoms. The Labute approximate surface area is 173 Å². The summed E-state index contributed by atoms with van der Waals surface area (Å²) in [6.07, 6.45) is 0.366. The third-order valence-corrected chi connectivity index (χ3v) is 4.45. The van der Waals surface area contributed by atoms with Gasteiger partial charge in [0.05, 0.1) is 30.8 Å². The number of H-pyrrole nitrogens is 1. The number of aromatic amines is 1. The number of methoxy groups -OCH3 is 1. The van der Waals surface area contributed by atoms with Gasteiger partial charge in [-0.15, -0.1) is 0 Å². The van der Waals surface area contributed by atoms with Crippen molar-refractivity contribution in [2.24, 2.45) is 4.99 Å². The number of nitrogens with zero attached hydrogens (tertiary/aromatic N) is 2. The Bertz CT molecular complexity index is 1160. The lowest BCUT2D eigenvalue weighted by atomic mass is 10.1. The molecular weight excluding hydrogens is 386 g/mol. The van der Waals surface area contributed by atoms with Gasteiger partial charge in [0.15, 0.2) is 0 Å². The second kappa shape index (κ2) is 9.13.